The molecular formula is C15H12NV5-. The van der Waals surface area contributed by atoms with Gasteiger partial charge >= 0.3 is 0 Å². The van der Waals surface area contributed by atoms with Crippen molar-refractivity contribution in [2.45, 2.75) is 0 Å². The normalized spacial score (nSPS) is 8.19. The first kappa shape index (κ1) is 26.7. The fourth-order valence-electron chi connectivity index (χ4n) is 2.05. The molecule has 0 N–H and O–H groups in total. The minimum Gasteiger partial charge on any atom is -0.387 e. The van der Waals surface area contributed by atoms with E-state index in [1.807, 2.05) is 18.2 Å². The molecular weight excluding hydrogens is 449 g/mol. The molecule has 1 nitrogen and oxygen atoms in total. The SMILES string of the molecule is [CH2-]c1c(-c2ccccc2)cn2ccccc12.[V].[V].[V].[V].[V]. The maximum Gasteiger partial charge on any atom is 0 e. The third-order valence-corrected chi connectivity index (χ3v) is 2.88. The molecule has 0 bridgehead atoms. The Balaban J connectivity index is -0.000000648. The average Bonchev–Trinajstić information content (AvgIpc) is 2.69. The molecule has 2 heterocycles. The second-order valence-corrected chi connectivity index (χ2v) is 3.88. The van der Waals surface area contributed by atoms with Gasteiger partial charge in [0.05, 0.1) is 0 Å². The molecule has 0 saturated heterocycles. The van der Waals surface area contributed by atoms with Crippen LogP contribution in [0.1, 0.15) is 5.56 Å². The molecule has 0 aliphatic rings. The zero-order valence-electron chi connectivity index (χ0n) is 11.2. The molecule has 3 rings (SSSR count). The number of aromatic nitrogens is 1. The molecule has 0 aliphatic heterocycles. The van der Waals surface area contributed by atoms with Crippen LogP contribution in [0.2, 0.25) is 0 Å². The number of rotatable bonds is 1. The summed E-state index contributed by atoms with van der Waals surface area (Å²) in [6.45, 7) is 4.16. The van der Waals surface area contributed by atoms with E-state index in [2.05, 4.69) is 54.0 Å². The monoisotopic (exact) mass is 461 g/mol. The summed E-state index contributed by atoms with van der Waals surface area (Å²) in [6, 6.07) is 16.5. The fourth-order valence-corrected chi connectivity index (χ4v) is 2.05. The molecule has 5 radical (unpaired) electrons. The van der Waals surface area contributed by atoms with Crippen molar-refractivity contribution in [1.82, 2.24) is 4.40 Å². The van der Waals surface area contributed by atoms with E-state index < -0.39 is 0 Å². The summed E-state index contributed by atoms with van der Waals surface area (Å²) in [7, 11) is 0. The topological polar surface area (TPSA) is 4.41 Å². The molecule has 0 fully saturated rings. The number of fused-ring (bicyclic) bond motifs is 1. The molecule has 21 heavy (non-hydrogen) atoms. The minimum absolute atomic E-state index is 0. The Bertz CT molecular complexity index is 637. The molecule has 1 aromatic carbocycles. The van der Waals surface area contributed by atoms with Crippen LogP contribution in [0.5, 0.6) is 0 Å². The maximum absolute atomic E-state index is 4.16. The van der Waals surface area contributed by atoms with Gasteiger partial charge in [-0.1, -0.05) is 59.7 Å². The van der Waals surface area contributed by atoms with Crippen molar-refractivity contribution in [3.63, 3.8) is 0 Å². The van der Waals surface area contributed by atoms with Gasteiger partial charge in [0.25, 0.3) is 0 Å². The van der Waals surface area contributed by atoms with E-state index in [4.69, 9.17) is 0 Å². The molecule has 2 aromatic heterocycles. The van der Waals surface area contributed by atoms with Crippen molar-refractivity contribution in [3.8, 4) is 11.1 Å². The molecule has 0 atom stereocenters. The first-order valence-electron chi connectivity index (χ1n) is 5.33. The van der Waals surface area contributed by atoms with Crippen LogP contribution in [-0.4, -0.2) is 4.40 Å². The predicted molar refractivity (Wildman–Crippen MR) is 67.3 cm³/mol. The Hall–Kier alpha value is 0.772. The van der Waals surface area contributed by atoms with Crippen molar-refractivity contribution in [1.29, 1.82) is 0 Å². The zero-order chi connectivity index (χ0) is 11.0. The van der Waals surface area contributed by atoms with Crippen molar-refractivity contribution in [2.24, 2.45) is 0 Å². The van der Waals surface area contributed by atoms with E-state index in [9.17, 15) is 0 Å². The number of nitrogens with zero attached hydrogens (tertiary/aromatic N) is 1. The molecule has 103 valence electrons. The molecule has 0 aliphatic carbocycles. The third kappa shape index (κ3) is 5.72. The van der Waals surface area contributed by atoms with Crippen LogP contribution in [0.3, 0.4) is 0 Å². The van der Waals surface area contributed by atoms with Crippen LogP contribution in [0, 0.1) is 6.92 Å². The van der Waals surface area contributed by atoms with Crippen LogP contribution < -0.4 is 0 Å². The molecule has 0 spiro atoms. The number of benzene rings is 1. The van der Waals surface area contributed by atoms with Crippen molar-refractivity contribution in [3.05, 3.63) is 73.4 Å². The number of hydrogen-bond acceptors (Lipinski definition) is 0. The van der Waals surface area contributed by atoms with Crippen LogP contribution in [-0.2, 0) is 92.8 Å². The van der Waals surface area contributed by atoms with E-state index in [0.29, 0.717) is 0 Å². The Labute approximate surface area is 185 Å². The van der Waals surface area contributed by atoms with Crippen LogP contribution in [0.25, 0.3) is 16.6 Å². The quantitative estimate of drug-likeness (QED) is 0.487. The van der Waals surface area contributed by atoms with Gasteiger partial charge in [-0.25, -0.2) is 0 Å². The van der Waals surface area contributed by atoms with E-state index in [-0.39, 0.29) is 92.8 Å². The van der Waals surface area contributed by atoms with Gasteiger partial charge in [-0.15, -0.1) is 5.56 Å². The van der Waals surface area contributed by atoms with E-state index in [1.54, 1.807) is 0 Å². The Kier molecular flexibility index (Phi) is 15.5. The predicted octanol–water partition coefficient (Wildman–Crippen LogP) is 3.78. The summed E-state index contributed by atoms with van der Waals surface area (Å²) < 4.78 is 2.12. The van der Waals surface area contributed by atoms with Crippen LogP contribution in [0.15, 0.2) is 60.9 Å². The summed E-state index contributed by atoms with van der Waals surface area (Å²) >= 11 is 0. The second-order valence-electron chi connectivity index (χ2n) is 3.88. The Morgan fingerprint density at radius 2 is 1.29 bits per heavy atom. The zero-order valence-corrected chi connectivity index (χ0v) is 18.1. The van der Waals surface area contributed by atoms with Gasteiger partial charge in [0.1, 0.15) is 0 Å². The molecule has 0 amide bonds. The minimum atomic E-state index is 0. The second kappa shape index (κ2) is 12.2. The fraction of sp³-hybridized carbons (Fsp3) is 0. The van der Waals surface area contributed by atoms with Gasteiger partial charge in [-0.3, -0.25) is 0 Å². The largest absolute Gasteiger partial charge is 0.387 e. The third-order valence-electron chi connectivity index (χ3n) is 2.88. The summed E-state index contributed by atoms with van der Waals surface area (Å²) in [6.07, 6.45) is 4.18. The van der Waals surface area contributed by atoms with Gasteiger partial charge in [0.15, 0.2) is 0 Å². The standard InChI is InChI=1S/C15H12N.5V/c1-12-14(13-7-3-2-4-8-13)11-16-10-6-5-9-15(12)16;;;;;/h2-11H,1H2;;;;;/q-1;;;;;. The molecule has 0 unspecified atom stereocenters. The number of hydrogen-bond donors (Lipinski definition) is 0. The van der Waals surface area contributed by atoms with Crippen molar-refractivity contribution < 1.29 is 92.8 Å². The summed E-state index contributed by atoms with van der Waals surface area (Å²) in [5.41, 5.74) is 4.68. The molecule has 0 saturated carbocycles. The number of pyridine rings is 1. The van der Waals surface area contributed by atoms with Gasteiger partial charge in [-0.05, 0) is 12.3 Å². The van der Waals surface area contributed by atoms with E-state index >= 15 is 0 Å². The summed E-state index contributed by atoms with van der Waals surface area (Å²) in [4.78, 5) is 0. The van der Waals surface area contributed by atoms with Gasteiger partial charge in [-0.2, -0.15) is 12.5 Å². The van der Waals surface area contributed by atoms with Gasteiger partial charge in [0, 0.05) is 92.8 Å². The summed E-state index contributed by atoms with van der Waals surface area (Å²) in [5, 5.41) is 0. The first-order valence-corrected chi connectivity index (χ1v) is 5.33. The first-order chi connectivity index (χ1) is 7.86. The molecule has 3 aromatic rings. The smallest absolute Gasteiger partial charge is 0 e. The van der Waals surface area contributed by atoms with Gasteiger partial charge < -0.3 is 4.40 Å². The Morgan fingerprint density at radius 3 is 1.86 bits per heavy atom. The van der Waals surface area contributed by atoms with Crippen LogP contribution >= 0.6 is 0 Å². The van der Waals surface area contributed by atoms with Crippen molar-refractivity contribution >= 4 is 5.52 Å². The van der Waals surface area contributed by atoms with E-state index in [0.717, 1.165) is 5.56 Å². The van der Waals surface area contributed by atoms with Crippen molar-refractivity contribution in [2.75, 3.05) is 0 Å². The van der Waals surface area contributed by atoms with Crippen LogP contribution in [0.4, 0.5) is 0 Å². The summed E-state index contributed by atoms with van der Waals surface area (Å²) in [5.74, 6) is 0. The maximum atomic E-state index is 4.16. The van der Waals surface area contributed by atoms with E-state index in [1.165, 1.54) is 16.6 Å². The Morgan fingerprint density at radius 1 is 0.714 bits per heavy atom. The molecule has 6 heteroatoms. The average molecular weight is 461 g/mol. The van der Waals surface area contributed by atoms with Gasteiger partial charge in [0.2, 0.25) is 0 Å².